The second kappa shape index (κ2) is 21.2. The highest BCUT2D eigenvalue weighted by Gasteiger charge is 2.46. The average Bonchev–Trinajstić information content (AvgIpc) is 3.24. The molecular weight excluding hydrogens is 835 g/mol. The second-order valence-electron chi connectivity index (χ2n) is 19.3. The number of piperidine rings is 3. The number of nitrogens with one attached hydrogen (secondary N) is 1. The third-order valence-electron chi connectivity index (χ3n) is 12.5. The summed E-state index contributed by atoms with van der Waals surface area (Å²) < 4.78 is 25.1. The van der Waals surface area contributed by atoms with Crippen LogP contribution in [0, 0.1) is 5.92 Å². The van der Waals surface area contributed by atoms with Crippen LogP contribution in [0.4, 0.5) is 4.79 Å². The van der Waals surface area contributed by atoms with Gasteiger partial charge in [0, 0.05) is 24.5 Å². The summed E-state index contributed by atoms with van der Waals surface area (Å²) in [7, 11) is -2.41. The van der Waals surface area contributed by atoms with E-state index in [9.17, 15) is 24.6 Å². The Hall–Kier alpha value is -5.22. The minimum Gasteiger partial charge on any atom is -0.506 e. The van der Waals surface area contributed by atoms with Crippen LogP contribution in [-0.4, -0.2) is 108 Å². The Balaban J connectivity index is 0.00000250. The number of H-pyrrole nitrogens is 1. The van der Waals surface area contributed by atoms with Gasteiger partial charge in [0.15, 0.2) is 8.32 Å². The number of amides is 1. The molecular formula is C49H67N3O11Si. The smallest absolute Gasteiger partial charge is 0.410 e. The van der Waals surface area contributed by atoms with Crippen molar-refractivity contribution in [1.82, 2.24) is 14.8 Å². The number of phenolic OH excluding ortho intramolecular Hbond substituents is 1. The van der Waals surface area contributed by atoms with Crippen LogP contribution in [0.1, 0.15) is 96.4 Å². The Morgan fingerprint density at radius 3 is 2.14 bits per heavy atom. The Kier molecular flexibility index (Phi) is 16.5. The van der Waals surface area contributed by atoms with Crippen LogP contribution in [0.5, 0.6) is 11.5 Å². The molecule has 4 heterocycles. The summed E-state index contributed by atoms with van der Waals surface area (Å²) in [6.07, 6.45) is 2.86. The summed E-state index contributed by atoms with van der Waals surface area (Å²) in [6, 6.07) is 22.4. The molecule has 3 aliphatic rings. The summed E-state index contributed by atoms with van der Waals surface area (Å²) in [5.41, 5.74) is -1.09. The quantitative estimate of drug-likeness (QED) is 0.0365. The number of aromatic amines is 1. The molecule has 0 aliphatic carbocycles. The molecule has 64 heavy (non-hydrogen) atoms. The molecule has 4 aromatic rings. The lowest BCUT2D eigenvalue weighted by Gasteiger charge is -2.44. The Morgan fingerprint density at radius 2 is 1.55 bits per heavy atom. The van der Waals surface area contributed by atoms with Gasteiger partial charge in [-0.25, -0.2) is 9.59 Å². The van der Waals surface area contributed by atoms with Crippen molar-refractivity contribution in [3.05, 3.63) is 106 Å². The predicted molar refractivity (Wildman–Crippen MR) is 248 cm³/mol. The second-order valence-corrected chi connectivity index (χ2v) is 24.0. The van der Waals surface area contributed by atoms with Gasteiger partial charge < -0.3 is 43.8 Å². The number of aromatic hydroxyl groups is 1. The number of hydrogen-bond donors (Lipinski definition) is 4. The van der Waals surface area contributed by atoms with E-state index in [4.69, 9.17) is 28.5 Å². The summed E-state index contributed by atoms with van der Waals surface area (Å²) in [4.78, 5) is 55.1. The van der Waals surface area contributed by atoms with E-state index in [0.717, 1.165) is 37.9 Å². The topological polar surface area (TPSA) is 188 Å². The number of carbonyl (C=O) groups is 3. The SMILES string of the molecule is CC(C)(C)OC(=O)N(CCCCCOc1ccc(C(O)(C(=O)O[C@H]2CN3CCC2CC3)c2ccccc2)cc1)C[C@H](O[Si](C)(C)C(C)(C)C)c1ccc(O)c2[nH]c(=O)ccc12.O=CO. The number of carbonyl (C=O) groups excluding carboxylic acids is 2. The molecule has 348 valence electrons. The van der Waals surface area contributed by atoms with Crippen LogP contribution in [0.2, 0.25) is 18.1 Å². The fraction of sp³-hybridized carbons (Fsp3) is 0.510. The molecule has 15 heteroatoms. The average molecular weight is 902 g/mol. The van der Waals surface area contributed by atoms with Crippen molar-refractivity contribution in [3.8, 4) is 11.5 Å². The fourth-order valence-corrected chi connectivity index (χ4v) is 9.23. The lowest BCUT2D eigenvalue weighted by atomic mass is 9.84. The summed E-state index contributed by atoms with van der Waals surface area (Å²) in [6.45, 7) is 19.8. The van der Waals surface area contributed by atoms with E-state index in [-0.39, 0.29) is 35.5 Å². The molecule has 1 unspecified atom stereocenters. The molecule has 0 spiro atoms. The molecule has 1 amide bonds. The van der Waals surface area contributed by atoms with E-state index in [1.54, 1.807) is 71.6 Å². The highest BCUT2D eigenvalue weighted by Crippen LogP contribution is 2.42. The van der Waals surface area contributed by atoms with Crippen LogP contribution in [0.3, 0.4) is 0 Å². The lowest BCUT2D eigenvalue weighted by Crippen LogP contribution is -2.53. The van der Waals surface area contributed by atoms with Crippen LogP contribution in [0.25, 0.3) is 10.9 Å². The van der Waals surface area contributed by atoms with Crippen LogP contribution < -0.4 is 10.3 Å². The molecule has 3 aliphatic heterocycles. The van der Waals surface area contributed by atoms with E-state index >= 15 is 0 Å². The number of ether oxygens (including phenoxy) is 3. The molecule has 1 aromatic heterocycles. The summed E-state index contributed by atoms with van der Waals surface area (Å²) in [5, 5.41) is 30.2. The van der Waals surface area contributed by atoms with Crippen LogP contribution in [0.15, 0.2) is 83.7 Å². The molecule has 3 aromatic carbocycles. The maximum atomic E-state index is 13.9. The number of aliphatic hydroxyl groups is 1. The van der Waals surface area contributed by atoms with E-state index in [1.165, 1.54) is 6.07 Å². The molecule has 4 N–H and O–H groups in total. The Morgan fingerprint density at radius 1 is 0.906 bits per heavy atom. The zero-order valence-electron chi connectivity index (χ0n) is 38.6. The largest absolute Gasteiger partial charge is 0.506 e. The van der Waals surface area contributed by atoms with Crippen molar-refractivity contribution in [1.29, 1.82) is 0 Å². The van der Waals surface area contributed by atoms with E-state index < -0.39 is 37.7 Å². The van der Waals surface area contributed by atoms with Gasteiger partial charge in [-0.1, -0.05) is 69.3 Å². The van der Waals surface area contributed by atoms with Crippen LogP contribution >= 0.6 is 0 Å². The van der Waals surface area contributed by atoms with E-state index in [2.05, 4.69) is 43.7 Å². The van der Waals surface area contributed by atoms with Gasteiger partial charge >= 0.3 is 12.1 Å². The number of pyridine rings is 1. The Labute approximate surface area is 377 Å². The monoisotopic (exact) mass is 901 g/mol. The van der Waals surface area contributed by atoms with E-state index in [1.807, 2.05) is 26.8 Å². The molecule has 3 fully saturated rings. The molecule has 3 atom stereocenters. The predicted octanol–water partition coefficient (Wildman–Crippen LogP) is 8.36. The van der Waals surface area contributed by atoms with Gasteiger partial charge in [-0.2, -0.15) is 0 Å². The molecule has 7 rings (SSSR count). The van der Waals surface area contributed by atoms with Gasteiger partial charge in [0.1, 0.15) is 23.2 Å². The number of carboxylic acid groups (broad SMARTS) is 1. The highest BCUT2D eigenvalue weighted by atomic mass is 28.4. The number of fused-ring (bicyclic) bond motifs is 4. The van der Waals surface area contributed by atoms with Gasteiger partial charge in [-0.3, -0.25) is 14.5 Å². The number of phenols is 1. The normalized spacial score (nSPS) is 18.8. The molecule has 0 radical (unpaired) electrons. The molecule has 3 saturated heterocycles. The van der Waals surface area contributed by atoms with Crippen molar-refractivity contribution in [2.75, 3.05) is 39.3 Å². The molecule has 2 bridgehead atoms. The van der Waals surface area contributed by atoms with Gasteiger partial charge in [-0.15, -0.1) is 0 Å². The number of rotatable bonds is 16. The zero-order valence-corrected chi connectivity index (χ0v) is 39.6. The first-order valence-electron chi connectivity index (χ1n) is 22.2. The molecule has 0 saturated carbocycles. The van der Waals surface area contributed by atoms with Gasteiger partial charge in [0.05, 0.1) is 24.8 Å². The fourth-order valence-electron chi connectivity index (χ4n) is 7.97. The highest BCUT2D eigenvalue weighted by molar-refractivity contribution is 6.74. The van der Waals surface area contributed by atoms with Crippen molar-refractivity contribution in [2.45, 2.75) is 115 Å². The van der Waals surface area contributed by atoms with Gasteiger partial charge in [0.2, 0.25) is 11.2 Å². The number of benzene rings is 3. The standard InChI is InChI=1S/C48H65N3O9Si.CH2O2/c1-46(2,3)59-45(55)51(32-41(60-61(7,8)47(4,5)6)37-21-23-39(52)43-38(37)22-24-42(53)49-43)27-13-10-14-30-57-36-19-17-35(18-20-36)48(56,34-15-11-9-12-16-34)44(54)58-40-31-50-28-25-33(40)26-29-50;2-1-3/h9,11-12,15-24,33,40-41,52,56H,10,13-14,25-32H2,1-8H3,(H,49,53);1H,(H,2,3)/t40-,41-,48?;/m0./s1. The van der Waals surface area contributed by atoms with Crippen molar-refractivity contribution >= 4 is 37.8 Å². The maximum absolute atomic E-state index is 13.9. The third-order valence-corrected chi connectivity index (χ3v) is 17.0. The third kappa shape index (κ3) is 12.5. The van der Waals surface area contributed by atoms with Gasteiger partial charge in [0.25, 0.3) is 6.47 Å². The number of nitrogens with zero attached hydrogens (tertiary/aromatic N) is 2. The maximum Gasteiger partial charge on any atom is 0.410 e. The first kappa shape index (κ1) is 49.8. The zero-order chi connectivity index (χ0) is 46.9. The van der Waals surface area contributed by atoms with Crippen molar-refractivity contribution in [3.63, 3.8) is 0 Å². The summed E-state index contributed by atoms with van der Waals surface area (Å²) in [5.74, 6) is 0.201. The number of esters is 1. The van der Waals surface area contributed by atoms with Crippen LogP contribution in [-0.2, 0) is 29.1 Å². The van der Waals surface area contributed by atoms with E-state index in [0.29, 0.717) is 66.2 Å². The first-order valence-corrected chi connectivity index (χ1v) is 25.1. The summed E-state index contributed by atoms with van der Waals surface area (Å²) >= 11 is 0. The number of unbranched alkanes of at least 4 members (excludes halogenated alkanes) is 2. The lowest BCUT2D eigenvalue weighted by molar-refractivity contribution is -0.177. The minimum absolute atomic E-state index is 0.0436. The Bertz CT molecular complexity index is 2230. The number of aromatic nitrogens is 1. The number of hydrogen-bond acceptors (Lipinski definition) is 11. The van der Waals surface area contributed by atoms with Crippen molar-refractivity contribution in [2.24, 2.45) is 5.92 Å². The molecule has 14 nitrogen and oxygen atoms in total. The van der Waals surface area contributed by atoms with Crippen molar-refractivity contribution < 1.29 is 48.3 Å². The van der Waals surface area contributed by atoms with Gasteiger partial charge in [-0.05, 0) is 131 Å². The minimum atomic E-state index is -2.41. The first-order chi connectivity index (χ1) is 30.2.